The maximum absolute atomic E-state index is 12.3. The third-order valence-electron chi connectivity index (χ3n) is 3.70. The zero-order valence-electron chi connectivity index (χ0n) is 16.1. The molecule has 10 nitrogen and oxygen atoms in total. The third-order valence-corrected chi connectivity index (χ3v) is 3.70. The van der Waals surface area contributed by atoms with Gasteiger partial charge in [0.25, 0.3) is 17.7 Å². The van der Waals surface area contributed by atoms with Crippen LogP contribution in [0.25, 0.3) is 0 Å². The Bertz CT molecular complexity index is 892. The van der Waals surface area contributed by atoms with Gasteiger partial charge >= 0.3 is 0 Å². The molecule has 0 unspecified atom stereocenters. The summed E-state index contributed by atoms with van der Waals surface area (Å²) in [5.74, 6) is -0.477. The number of hydrogen-bond donors (Lipinski definition) is 3. The van der Waals surface area contributed by atoms with Crippen molar-refractivity contribution in [1.82, 2.24) is 10.9 Å². The molecule has 2 aromatic rings. The second kappa shape index (κ2) is 9.83. The smallest absolute Gasteiger partial charge is 0.269 e. The summed E-state index contributed by atoms with van der Waals surface area (Å²) in [7, 11) is 4.30. The first-order chi connectivity index (χ1) is 13.9. The molecule has 0 aliphatic heterocycles. The second-order valence-electron chi connectivity index (χ2n) is 5.63. The summed E-state index contributed by atoms with van der Waals surface area (Å²) in [6.45, 7) is -0.331. The third kappa shape index (κ3) is 5.76. The van der Waals surface area contributed by atoms with E-state index >= 15 is 0 Å². The van der Waals surface area contributed by atoms with E-state index in [4.69, 9.17) is 24.7 Å². The molecule has 10 heteroatoms. The predicted octanol–water partition coefficient (Wildman–Crippen LogP) is 0.651. The molecule has 3 amide bonds. The van der Waals surface area contributed by atoms with Crippen molar-refractivity contribution in [2.24, 2.45) is 5.73 Å². The molecule has 0 saturated heterocycles. The molecule has 0 bridgehead atoms. The van der Waals surface area contributed by atoms with Gasteiger partial charge in [-0.15, -0.1) is 0 Å². The molecule has 0 saturated carbocycles. The van der Waals surface area contributed by atoms with Crippen molar-refractivity contribution in [3.05, 3.63) is 47.5 Å². The largest absolute Gasteiger partial charge is 0.497 e. The molecule has 4 N–H and O–H groups in total. The monoisotopic (exact) mass is 403 g/mol. The van der Waals surface area contributed by atoms with Crippen molar-refractivity contribution in [2.75, 3.05) is 27.9 Å². The Kier molecular flexibility index (Phi) is 7.24. The lowest BCUT2D eigenvalue weighted by Gasteiger charge is -2.12. The Hall–Kier alpha value is -3.95. The molecule has 0 atom stereocenters. The topological polar surface area (TPSA) is 138 Å². The van der Waals surface area contributed by atoms with E-state index in [-0.39, 0.29) is 29.2 Å². The number of nitrogens with one attached hydrogen (secondary N) is 2. The molecule has 0 aliphatic rings. The molecule has 0 aliphatic carbocycles. The molecule has 154 valence electrons. The van der Waals surface area contributed by atoms with Gasteiger partial charge in [0.05, 0.1) is 21.3 Å². The zero-order chi connectivity index (χ0) is 21.4. The average Bonchev–Trinajstić information content (AvgIpc) is 2.74. The van der Waals surface area contributed by atoms with Gasteiger partial charge in [0.1, 0.15) is 11.5 Å². The van der Waals surface area contributed by atoms with Crippen LogP contribution in [-0.4, -0.2) is 45.7 Å². The summed E-state index contributed by atoms with van der Waals surface area (Å²) in [6, 6.07) is 8.89. The number of amides is 3. The maximum atomic E-state index is 12.3. The van der Waals surface area contributed by atoms with E-state index in [1.807, 2.05) is 0 Å². The number of hydrogen-bond acceptors (Lipinski definition) is 7. The van der Waals surface area contributed by atoms with Crippen molar-refractivity contribution in [3.8, 4) is 23.0 Å². The Morgan fingerprint density at radius 1 is 0.793 bits per heavy atom. The highest BCUT2D eigenvalue weighted by Crippen LogP contribution is 2.28. The van der Waals surface area contributed by atoms with Crippen molar-refractivity contribution >= 4 is 17.7 Å². The van der Waals surface area contributed by atoms with E-state index in [9.17, 15) is 14.4 Å². The number of primary amides is 1. The van der Waals surface area contributed by atoms with Crippen LogP contribution in [0.3, 0.4) is 0 Å². The van der Waals surface area contributed by atoms with E-state index < -0.39 is 17.7 Å². The van der Waals surface area contributed by atoms with Crippen LogP contribution in [0.5, 0.6) is 23.0 Å². The molecular formula is C19H21N3O7. The van der Waals surface area contributed by atoms with E-state index in [1.165, 1.54) is 51.7 Å². The molecule has 0 fully saturated rings. The first-order valence-corrected chi connectivity index (χ1v) is 8.30. The first kappa shape index (κ1) is 21.4. The predicted molar refractivity (Wildman–Crippen MR) is 102 cm³/mol. The summed E-state index contributed by atoms with van der Waals surface area (Å²) < 4.78 is 20.6. The zero-order valence-corrected chi connectivity index (χ0v) is 16.1. The fourth-order valence-corrected chi connectivity index (χ4v) is 2.27. The lowest BCUT2D eigenvalue weighted by atomic mass is 10.2. The summed E-state index contributed by atoms with van der Waals surface area (Å²) in [6.07, 6.45) is 0. The quantitative estimate of drug-likeness (QED) is 0.550. The highest BCUT2D eigenvalue weighted by atomic mass is 16.5. The fraction of sp³-hybridized carbons (Fsp3) is 0.211. The highest BCUT2D eigenvalue weighted by molar-refractivity contribution is 5.99. The SMILES string of the molecule is COc1cc(OC)cc(C(=O)NNC(=O)c2ccc(OCC(N)=O)c(OC)c2)c1. The van der Waals surface area contributed by atoms with Gasteiger partial charge in [-0.25, -0.2) is 0 Å². The van der Waals surface area contributed by atoms with Crippen LogP contribution in [0.1, 0.15) is 20.7 Å². The Morgan fingerprint density at radius 3 is 1.90 bits per heavy atom. The van der Waals surface area contributed by atoms with Crippen molar-refractivity contribution in [2.45, 2.75) is 0 Å². The minimum Gasteiger partial charge on any atom is -0.497 e. The van der Waals surface area contributed by atoms with E-state index in [1.54, 1.807) is 6.07 Å². The van der Waals surface area contributed by atoms with Gasteiger partial charge in [-0.1, -0.05) is 0 Å². The Morgan fingerprint density at radius 2 is 1.38 bits per heavy atom. The van der Waals surface area contributed by atoms with E-state index in [2.05, 4.69) is 10.9 Å². The number of hydrazine groups is 1. The number of nitrogens with two attached hydrogens (primary N) is 1. The Labute approximate surface area is 166 Å². The van der Waals surface area contributed by atoms with Gasteiger partial charge in [0, 0.05) is 17.2 Å². The molecule has 0 radical (unpaired) electrons. The average molecular weight is 403 g/mol. The number of ether oxygens (including phenoxy) is 4. The summed E-state index contributed by atoms with van der Waals surface area (Å²) in [5.41, 5.74) is 10.1. The standard InChI is InChI=1S/C19H21N3O7/c1-26-13-6-12(7-14(9-13)27-2)19(25)22-21-18(24)11-4-5-15(16(8-11)28-3)29-10-17(20)23/h4-9H,10H2,1-3H3,(H2,20,23)(H,21,24)(H,22,25). The summed E-state index contributed by atoms with van der Waals surface area (Å²) >= 11 is 0. The number of carbonyl (C=O) groups is 3. The molecule has 2 aromatic carbocycles. The fourth-order valence-electron chi connectivity index (χ4n) is 2.27. The molecule has 0 heterocycles. The molecule has 0 spiro atoms. The van der Waals surface area contributed by atoms with Crippen LogP contribution in [-0.2, 0) is 4.79 Å². The lowest BCUT2D eigenvalue weighted by Crippen LogP contribution is -2.41. The van der Waals surface area contributed by atoms with Crippen LogP contribution >= 0.6 is 0 Å². The maximum Gasteiger partial charge on any atom is 0.269 e. The van der Waals surface area contributed by atoms with E-state index in [0.29, 0.717) is 11.5 Å². The minimum absolute atomic E-state index is 0.191. The summed E-state index contributed by atoms with van der Waals surface area (Å²) in [4.78, 5) is 35.5. The molecule has 2 rings (SSSR count). The molecular weight excluding hydrogens is 382 g/mol. The van der Waals surface area contributed by atoms with Crippen LogP contribution < -0.4 is 35.5 Å². The van der Waals surface area contributed by atoms with Gasteiger partial charge in [0.15, 0.2) is 18.1 Å². The number of carbonyl (C=O) groups excluding carboxylic acids is 3. The van der Waals surface area contributed by atoms with E-state index in [0.717, 1.165) is 0 Å². The van der Waals surface area contributed by atoms with Crippen molar-refractivity contribution in [3.63, 3.8) is 0 Å². The van der Waals surface area contributed by atoms with Crippen molar-refractivity contribution in [1.29, 1.82) is 0 Å². The second-order valence-corrected chi connectivity index (χ2v) is 5.63. The highest BCUT2D eigenvalue weighted by Gasteiger charge is 2.14. The minimum atomic E-state index is -0.647. The summed E-state index contributed by atoms with van der Waals surface area (Å²) in [5, 5.41) is 0. The van der Waals surface area contributed by atoms with Crippen LogP contribution in [0.15, 0.2) is 36.4 Å². The van der Waals surface area contributed by atoms with Gasteiger partial charge in [-0.3, -0.25) is 25.2 Å². The van der Waals surface area contributed by atoms with Crippen LogP contribution in [0.4, 0.5) is 0 Å². The van der Waals surface area contributed by atoms with Gasteiger partial charge in [0.2, 0.25) is 0 Å². The molecule has 0 aromatic heterocycles. The number of benzene rings is 2. The first-order valence-electron chi connectivity index (χ1n) is 8.30. The Balaban J connectivity index is 2.06. The van der Waals surface area contributed by atoms with Gasteiger partial charge < -0.3 is 24.7 Å². The lowest BCUT2D eigenvalue weighted by molar-refractivity contribution is -0.119. The van der Waals surface area contributed by atoms with Gasteiger partial charge in [-0.05, 0) is 30.3 Å². The van der Waals surface area contributed by atoms with Crippen molar-refractivity contribution < 1.29 is 33.3 Å². The molecule has 29 heavy (non-hydrogen) atoms. The van der Waals surface area contributed by atoms with Crippen LogP contribution in [0.2, 0.25) is 0 Å². The van der Waals surface area contributed by atoms with Crippen LogP contribution in [0, 0.1) is 0 Å². The normalized spacial score (nSPS) is 9.90. The van der Waals surface area contributed by atoms with Gasteiger partial charge in [-0.2, -0.15) is 0 Å². The number of rotatable bonds is 8. The number of methoxy groups -OCH3 is 3.